The van der Waals surface area contributed by atoms with E-state index in [1.54, 1.807) is 22.5 Å². The van der Waals surface area contributed by atoms with Crippen LogP contribution in [0.2, 0.25) is 3.43 Å². The Labute approximate surface area is 123 Å². The molecule has 97 valence electrons. The molecule has 3 radical (unpaired) electrons. The Kier molecular flexibility index (Phi) is 15.2. The first kappa shape index (κ1) is 19.4. The van der Waals surface area contributed by atoms with Crippen molar-refractivity contribution in [3.63, 3.8) is 0 Å². The molecule has 0 aliphatic heterocycles. The molecule has 0 aromatic rings. The van der Waals surface area contributed by atoms with E-state index >= 15 is 0 Å². The zero-order valence-electron chi connectivity index (χ0n) is 11.5. The van der Waals surface area contributed by atoms with Crippen LogP contribution in [0.25, 0.3) is 0 Å². The van der Waals surface area contributed by atoms with Crippen LogP contribution in [0.15, 0.2) is 0 Å². The molecule has 0 aromatic heterocycles. The van der Waals surface area contributed by atoms with Crippen molar-refractivity contribution in [2.24, 2.45) is 0 Å². The van der Waals surface area contributed by atoms with Gasteiger partial charge in [0, 0.05) is 0 Å². The van der Waals surface area contributed by atoms with Crippen LogP contribution in [0.3, 0.4) is 0 Å². The van der Waals surface area contributed by atoms with Gasteiger partial charge in [0.2, 0.25) is 0 Å². The summed E-state index contributed by atoms with van der Waals surface area (Å²) in [6.45, 7) is 7.06. The van der Waals surface area contributed by atoms with Crippen LogP contribution in [0.1, 0.15) is 85.0 Å². The molecule has 16 heavy (non-hydrogen) atoms. The molecule has 0 atom stereocenters. The Morgan fingerprint density at radius 1 is 0.750 bits per heavy atom. The molecule has 0 spiro atoms. The summed E-state index contributed by atoms with van der Waals surface area (Å²) >= 11 is 1.70. The predicted octanol–water partition coefficient (Wildman–Crippen LogP) is 5.70. The Morgan fingerprint density at radius 3 is 1.50 bits per heavy atom. The van der Waals surface area contributed by atoms with Gasteiger partial charge in [0.1, 0.15) is 0 Å². The molecule has 0 heterocycles. The number of hydrogen-bond acceptors (Lipinski definition) is 0. The molecule has 0 aromatic carbocycles. The Balaban J connectivity index is 0. The van der Waals surface area contributed by atoms with E-state index in [9.17, 15) is 0 Å². The van der Waals surface area contributed by atoms with Gasteiger partial charge in [0.05, 0.1) is 0 Å². The molecular weight excluding hydrogens is 322 g/mol. The van der Waals surface area contributed by atoms with Gasteiger partial charge in [-0.2, -0.15) is 0 Å². The maximum absolute atomic E-state index is 2.38. The molecule has 0 fully saturated rings. The van der Waals surface area contributed by atoms with Crippen LogP contribution in [-0.2, 0) is 0 Å². The van der Waals surface area contributed by atoms with Gasteiger partial charge in [-0.25, -0.2) is 0 Å². The van der Waals surface area contributed by atoms with Gasteiger partial charge < -0.3 is 0 Å². The maximum atomic E-state index is 2.38. The zero-order chi connectivity index (χ0) is 11.6. The molecule has 0 saturated heterocycles. The molecule has 0 aliphatic rings. The standard InChI is InChI=1S/C14H29.ClH.Sn/c1-4-5-6-7-8-9-10-11-12-13-14(2)3;;/h4-13H2,1-3H3;1H;. The van der Waals surface area contributed by atoms with Crippen molar-refractivity contribution in [3.05, 3.63) is 0 Å². The molecule has 0 bridgehead atoms. The van der Waals surface area contributed by atoms with E-state index in [1.807, 2.05) is 0 Å². The molecule has 0 unspecified atom stereocenters. The fourth-order valence-electron chi connectivity index (χ4n) is 1.88. The summed E-state index contributed by atoms with van der Waals surface area (Å²) in [4.78, 5) is 0. The Bertz CT molecular complexity index is 129. The first-order valence-electron chi connectivity index (χ1n) is 6.81. The van der Waals surface area contributed by atoms with Gasteiger partial charge in [-0.1, -0.05) is 0 Å². The van der Waals surface area contributed by atoms with E-state index in [0.29, 0.717) is 3.43 Å². The maximum Gasteiger partial charge on any atom is -0.147 e. The van der Waals surface area contributed by atoms with Crippen LogP contribution < -0.4 is 0 Å². The van der Waals surface area contributed by atoms with E-state index in [4.69, 9.17) is 0 Å². The van der Waals surface area contributed by atoms with Gasteiger partial charge in [0.15, 0.2) is 0 Å². The monoisotopic (exact) mass is 353 g/mol. The Morgan fingerprint density at radius 2 is 1.12 bits per heavy atom. The summed E-state index contributed by atoms with van der Waals surface area (Å²) in [5.74, 6) is 0. The smallest absolute Gasteiger partial charge is 0.147 e. The van der Waals surface area contributed by atoms with Crippen molar-refractivity contribution in [2.75, 3.05) is 0 Å². The third-order valence-corrected chi connectivity index (χ3v) is 3.62. The van der Waals surface area contributed by atoms with Gasteiger partial charge in [-0.15, -0.1) is 12.4 Å². The molecule has 0 amide bonds. The second kappa shape index (κ2) is 12.5. The molecule has 0 rings (SSSR count). The number of rotatable bonds is 10. The Hall–Kier alpha value is 1.09. The van der Waals surface area contributed by atoms with E-state index in [2.05, 4.69) is 20.8 Å². The molecular formula is C14H30ClSn. The molecule has 0 N–H and O–H groups in total. The SMILES string of the molecule is CCCCCCCCCCC[C](C)(C)[Sn].Cl. The molecule has 0 aliphatic carbocycles. The van der Waals surface area contributed by atoms with Crippen molar-refractivity contribution in [1.29, 1.82) is 0 Å². The van der Waals surface area contributed by atoms with Crippen LogP contribution in [0, 0.1) is 0 Å². The van der Waals surface area contributed by atoms with Gasteiger partial charge >= 0.3 is 111 Å². The number of hydrogen-bond donors (Lipinski definition) is 0. The third-order valence-electron chi connectivity index (χ3n) is 2.91. The first-order chi connectivity index (χ1) is 7.06. The normalized spacial score (nSPS) is 11.2. The fraction of sp³-hybridized carbons (Fsp3) is 1.00. The van der Waals surface area contributed by atoms with Crippen molar-refractivity contribution < 1.29 is 0 Å². The average Bonchev–Trinajstić information content (AvgIpc) is 2.14. The average molecular weight is 353 g/mol. The van der Waals surface area contributed by atoms with Gasteiger partial charge in [0.25, 0.3) is 0 Å². The van der Waals surface area contributed by atoms with Crippen LogP contribution >= 0.6 is 12.4 Å². The second-order valence-corrected chi connectivity index (χ2v) is 9.33. The summed E-state index contributed by atoms with van der Waals surface area (Å²) in [6, 6.07) is 0. The zero-order valence-corrected chi connectivity index (χ0v) is 15.1. The summed E-state index contributed by atoms with van der Waals surface area (Å²) < 4.78 is 0.633. The van der Waals surface area contributed by atoms with Gasteiger partial charge in [-0.05, 0) is 0 Å². The fourth-order valence-corrected chi connectivity index (χ4v) is 2.38. The first-order valence-corrected chi connectivity index (χ1v) is 8.24. The number of halogens is 1. The summed E-state index contributed by atoms with van der Waals surface area (Å²) in [6.07, 6.45) is 14.5. The van der Waals surface area contributed by atoms with Gasteiger partial charge in [-0.3, -0.25) is 0 Å². The quantitative estimate of drug-likeness (QED) is 0.350. The molecule has 2 heteroatoms. The summed E-state index contributed by atoms with van der Waals surface area (Å²) in [7, 11) is 0. The van der Waals surface area contributed by atoms with Crippen molar-refractivity contribution in [2.45, 2.75) is 88.4 Å². The van der Waals surface area contributed by atoms with E-state index in [-0.39, 0.29) is 12.4 Å². The minimum atomic E-state index is 0. The van der Waals surface area contributed by atoms with Crippen molar-refractivity contribution in [1.82, 2.24) is 0 Å². The van der Waals surface area contributed by atoms with E-state index < -0.39 is 0 Å². The van der Waals surface area contributed by atoms with Crippen LogP contribution in [0.5, 0.6) is 0 Å². The minimum absolute atomic E-state index is 0. The second-order valence-electron chi connectivity index (χ2n) is 5.46. The van der Waals surface area contributed by atoms with Crippen molar-refractivity contribution in [3.8, 4) is 0 Å². The van der Waals surface area contributed by atoms with Crippen LogP contribution in [-0.4, -0.2) is 22.5 Å². The minimum Gasteiger partial charge on any atom is -0.147 e. The van der Waals surface area contributed by atoms with E-state index in [1.165, 1.54) is 64.2 Å². The molecule has 0 nitrogen and oxygen atoms in total. The predicted molar refractivity (Wildman–Crippen MR) is 78.9 cm³/mol. The topological polar surface area (TPSA) is 0 Å². The van der Waals surface area contributed by atoms with Crippen LogP contribution in [0.4, 0.5) is 0 Å². The largest absolute Gasteiger partial charge is 0.147 e. The van der Waals surface area contributed by atoms with E-state index in [0.717, 1.165) is 0 Å². The van der Waals surface area contributed by atoms with Crippen molar-refractivity contribution >= 4 is 34.9 Å². The third kappa shape index (κ3) is 17.5. The number of unbranched alkanes of at least 4 members (excludes halogenated alkanes) is 8. The summed E-state index contributed by atoms with van der Waals surface area (Å²) in [5, 5.41) is 0. The molecule has 0 saturated carbocycles. The summed E-state index contributed by atoms with van der Waals surface area (Å²) in [5.41, 5.74) is 0.